The molecule has 1 unspecified atom stereocenters. The third-order valence-electron chi connectivity index (χ3n) is 3.73. The van der Waals surface area contributed by atoms with E-state index in [1.54, 1.807) is 24.3 Å². The highest BCUT2D eigenvalue weighted by molar-refractivity contribution is 8.01. The lowest BCUT2D eigenvalue weighted by Gasteiger charge is -2.16. The van der Waals surface area contributed by atoms with Gasteiger partial charge in [-0.2, -0.15) is 0 Å². The molecule has 1 aromatic carbocycles. The van der Waals surface area contributed by atoms with Crippen molar-refractivity contribution in [3.8, 4) is 5.75 Å². The largest absolute Gasteiger partial charge is 0.491 e. The van der Waals surface area contributed by atoms with Crippen LogP contribution in [0.5, 0.6) is 5.75 Å². The van der Waals surface area contributed by atoms with E-state index in [1.165, 1.54) is 24.2 Å². The molecule has 0 aliphatic heterocycles. The van der Waals surface area contributed by atoms with Crippen molar-refractivity contribution in [2.45, 2.75) is 15.3 Å². The quantitative estimate of drug-likeness (QED) is 0.456. The first kappa shape index (κ1) is 23.7. The lowest BCUT2D eigenvalue weighted by Crippen LogP contribution is -2.30. The van der Waals surface area contributed by atoms with Gasteiger partial charge in [0.05, 0.1) is 14.9 Å². The normalized spacial score (nSPS) is 12.1. The van der Waals surface area contributed by atoms with Crippen LogP contribution in [-0.4, -0.2) is 64.4 Å². The summed E-state index contributed by atoms with van der Waals surface area (Å²) >= 11 is 14.6. The first-order valence-electron chi connectivity index (χ1n) is 8.99. The maximum absolute atomic E-state index is 12.5. The Balaban J connectivity index is 1.56. The van der Waals surface area contributed by atoms with E-state index in [1.807, 2.05) is 19.0 Å². The minimum absolute atomic E-state index is 0.181. The smallest absolute Gasteiger partial charge is 0.286 e. The van der Waals surface area contributed by atoms with Gasteiger partial charge in [0.25, 0.3) is 5.91 Å². The van der Waals surface area contributed by atoms with Crippen LogP contribution in [0.25, 0.3) is 0 Å². The predicted octanol–water partition coefficient (Wildman–Crippen LogP) is 3.94. The fourth-order valence-corrected chi connectivity index (χ4v) is 4.69. The average Bonchev–Trinajstić information content (AvgIpc) is 3.19. The van der Waals surface area contributed by atoms with Crippen molar-refractivity contribution in [3.05, 3.63) is 51.7 Å². The van der Waals surface area contributed by atoms with E-state index >= 15 is 0 Å². The van der Waals surface area contributed by atoms with E-state index < -0.39 is 6.10 Å². The number of amides is 1. The fraction of sp³-hybridized carbons (Fsp3) is 0.263. The zero-order chi connectivity index (χ0) is 22.4. The Morgan fingerprint density at radius 1 is 1.23 bits per heavy atom. The third kappa shape index (κ3) is 7.03. The van der Waals surface area contributed by atoms with Crippen molar-refractivity contribution in [2.75, 3.05) is 32.6 Å². The van der Waals surface area contributed by atoms with E-state index in [2.05, 4.69) is 20.5 Å². The summed E-state index contributed by atoms with van der Waals surface area (Å²) in [5, 5.41) is 21.6. The number of likely N-dealkylation sites (N-methyl/N-ethyl adjacent to an activating group) is 1. The second kappa shape index (κ2) is 11.1. The van der Waals surface area contributed by atoms with Crippen molar-refractivity contribution in [3.63, 3.8) is 0 Å². The van der Waals surface area contributed by atoms with Crippen molar-refractivity contribution in [1.29, 1.82) is 0 Å². The monoisotopic (exact) mass is 499 g/mol. The fourth-order valence-electron chi connectivity index (χ4n) is 2.41. The Labute approximate surface area is 197 Å². The molecule has 0 aliphatic carbocycles. The van der Waals surface area contributed by atoms with Gasteiger partial charge in [-0.15, -0.1) is 10.2 Å². The number of aromatic nitrogens is 3. The number of rotatable bonds is 9. The van der Waals surface area contributed by atoms with Gasteiger partial charge in [-0.1, -0.05) is 46.3 Å². The molecule has 0 fully saturated rings. The van der Waals surface area contributed by atoms with Crippen LogP contribution in [-0.2, 0) is 0 Å². The molecule has 0 saturated carbocycles. The second-order valence-corrected chi connectivity index (χ2v) is 9.66. The molecule has 31 heavy (non-hydrogen) atoms. The Kier molecular flexibility index (Phi) is 8.47. The molecule has 8 nitrogen and oxygen atoms in total. The molecule has 0 bridgehead atoms. The average molecular weight is 500 g/mol. The molecule has 0 radical (unpaired) electrons. The van der Waals surface area contributed by atoms with Gasteiger partial charge < -0.3 is 20.1 Å². The summed E-state index contributed by atoms with van der Waals surface area (Å²) in [6.45, 7) is 0.691. The lowest BCUT2D eigenvalue weighted by molar-refractivity contribution is 0.0831. The highest BCUT2D eigenvalue weighted by atomic mass is 35.5. The number of anilines is 1. The zero-order valence-electron chi connectivity index (χ0n) is 16.6. The van der Waals surface area contributed by atoms with E-state index in [0.29, 0.717) is 37.3 Å². The van der Waals surface area contributed by atoms with Crippen LogP contribution in [0.3, 0.4) is 0 Å². The number of nitrogens with zero attached hydrogens (tertiary/aromatic N) is 4. The van der Waals surface area contributed by atoms with Gasteiger partial charge in [-0.25, -0.2) is 0 Å². The zero-order valence-corrected chi connectivity index (χ0v) is 19.7. The van der Waals surface area contributed by atoms with Crippen LogP contribution in [0.4, 0.5) is 5.69 Å². The first-order valence-corrected chi connectivity index (χ1v) is 11.4. The van der Waals surface area contributed by atoms with E-state index in [4.69, 9.17) is 27.9 Å². The SMILES string of the molecule is CN(C)CC(O)COc1ccc(NC(=O)c2nnc(Sc3c(Cl)cncc3Cl)s2)cc1. The lowest BCUT2D eigenvalue weighted by atomic mass is 10.3. The van der Waals surface area contributed by atoms with Gasteiger partial charge in [-0.05, 0) is 38.4 Å². The molecule has 0 aliphatic rings. The summed E-state index contributed by atoms with van der Waals surface area (Å²) in [5.41, 5.74) is 0.579. The predicted molar refractivity (Wildman–Crippen MR) is 123 cm³/mol. The molecular weight excluding hydrogens is 481 g/mol. The molecule has 1 atom stereocenters. The number of carbonyl (C=O) groups is 1. The highest BCUT2D eigenvalue weighted by Gasteiger charge is 2.16. The molecule has 12 heteroatoms. The molecule has 2 aromatic heterocycles. The van der Waals surface area contributed by atoms with E-state index in [-0.39, 0.29) is 17.5 Å². The Morgan fingerprint density at radius 2 is 1.90 bits per heavy atom. The molecule has 2 heterocycles. The first-order chi connectivity index (χ1) is 14.8. The van der Waals surface area contributed by atoms with Crippen LogP contribution in [0.1, 0.15) is 9.80 Å². The van der Waals surface area contributed by atoms with Crippen LogP contribution >= 0.6 is 46.3 Å². The number of pyridine rings is 1. The van der Waals surface area contributed by atoms with Crippen LogP contribution in [0, 0.1) is 0 Å². The number of hydrogen-bond acceptors (Lipinski definition) is 9. The van der Waals surface area contributed by atoms with Crippen molar-refractivity contribution in [2.24, 2.45) is 0 Å². The van der Waals surface area contributed by atoms with Gasteiger partial charge in [0.15, 0.2) is 4.34 Å². The third-order valence-corrected chi connectivity index (χ3v) is 6.64. The van der Waals surface area contributed by atoms with Gasteiger partial charge >= 0.3 is 0 Å². The van der Waals surface area contributed by atoms with Gasteiger partial charge in [-0.3, -0.25) is 9.78 Å². The molecule has 2 N–H and O–H groups in total. The summed E-state index contributed by atoms with van der Waals surface area (Å²) in [6, 6.07) is 6.84. The standard InChI is InChI=1S/C19H19Cl2N5O3S2/c1-26(2)9-12(27)10-29-13-5-3-11(4-6-13)23-17(28)18-24-25-19(31-18)30-16-14(20)7-22-8-15(16)21/h3-8,12,27H,9-10H2,1-2H3,(H,23,28). The number of halogens is 2. The summed E-state index contributed by atoms with van der Waals surface area (Å²) < 4.78 is 6.08. The van der Waals surface area contributed by atoms with Crippen LogP contribution < -0.4 is 10.1 Å². The molecule has 3 aromatic rings. The van der Waals surface area contributed by atoms with Crippen LogP contribution in [0.2, 0.25) is 10.0 Å². The van der Waals surface area contributed by atoms with Crippen molar-refractivity contribution < 1.29 is 14.6 Å². The summed E-state index contributed by atoms with van der Waals surface area (Å²) in [6.07, 6.45) is 2.39. The van der Waals surface area contributed by atoms with E-state index in [9.17, 15) is 9.90 Å². The molecule has 1 amide bonds. The summed E-state index contributed by atoms with van der Waals surface area (Å²) in [4.78, 5) is 18.9. The Hall–Kier alpha value is -1.95. The minimum Gasteiger partial charge on any atom is -0.491 e. The number of aliphatic hydroxyl groups excluding tert-OH is 1. The number of carbonyl (C=O) groups excluding carboxylic acids is 1. The minimum atomic E-state index is -0.587. The molecule has 0 spiro atoms. The maximum Gasteiger partial charge on any atom is 0.286 e. The highest BCUT2D eigenvalue weighted by Crippen LogP contribution is 2.38. The number of benzene rings is 1. The molecule has 0 saturated heterocycles. The van der Waals surface area contributed by atoms with Crippen LogP contribution in [0.15, 0.2) is 45.9 Å². The topological polar surface area (TPSA) is 100 Å². The number of aliphatic hydroxyl groups is 1. The van der Waals surface area contributed by atoms with Crippen molar-refractivity contribution in [1.82, 2.24) is 20.1 Å². The van der Waals surface area contributed by atoms with Gasteiger partial charge in [0.2, 0.25) is 5.01 Å². The number of hydrogen-bond donors (Lipinski definition) is 2. The van der Waals surface area contributed by atoms with Gasteiger partial charge in [0.1, 0.15) is 18.5 Å². The van der Waals surface area contributed by atoms with Crippen molar-refractivity contribution >= 4 is 57.9 Å². The maximum atomic E-state index is 12.5. The van der Waals surface area contributed by atoms with Gasteiger partial charge in [0, 0.05) is 24.6 Å². The Bertz CT molecular complexity index is 1010. The number of nitrogens with one attached hydrogen (secondary N) is 1. The molecule has 3 rings (SSSR count). The Morgan fingerprint density at radius 3 is 2.55 bits per heavy atom. The number of ether oxygens (including phenoxy) is 1. The summed E-state index contributed by atoms with van der Waals surface area (Å²) in [7, 11) is 3.76. The molecular formula is C19H19Cl2N5O3S2. The molecule has 164 valence electrons. The van der Waals surface area contributed by atoms with E-state index in [0.717, 1.165) is 11.3 Å². The second-order valence-electron chi connectivity index (χ2n) is 6.61. The summed E-state index contributed by atoms with van der Waals surface area (Å²) in [5.74, 6) is 0.211.